The van der Waals surface area contributed by atoms with E-state index in [1.54, 1.807) is 69.2 Å². The number of anilines is 2. The Kier molecular flexibility index (Phi) is 28.1. The Bertz CT molecular complexity index is 3980. The van der Waals surface area contributed by atoms with Crippen molar-refractivity contribution in [3.8, 4) is 11.5 Å². The van der Waals surface area contributed by atoms with Gasteiger partial charge < -0.3 is 91.2 Å². The highest BCUT2D eigenvalue weighted by atomic mass is 16.6. The Morgan fingerprint density at radius 1 is 0.651 bits per heavy atom. The van der Waals surface area contributed by atoms with Crippen LogP contribution in [0.25, 0.3) is 22.6 Å². The minimum Gasteiger partial charge on any atom is -0.481 e. The number of aliphatic carboxylic acids is 1. The van der Waals surface area contributed by atoms with Crippen LogP contribution >= 0.6 is 0 Å². The summed E-state index contributed by atoms with van der Waals surface area (Å²) in [6.07, 6.45) is -2.06. The average Bonchev–Trinajstić information content (AvgIpc) is 0.779. The summed E-state index contributed by atoms with van der Waals surface area (Å²) in [5.41, 5.74) is 7.64. The van der Waals surface area contributed by atoms with Crippen LogP contribution in [-0.4, -0.2) is 256 Å². The molecule has 1 aromatic rings. The fourth-order valence-corrected chi connectivity index (χ4v) is 13.2. The Balaban J connectivity index is 0.00000429. The zero-order valence-corrected chi connectivity index (χ0v) is 63.6. The van der Waals surface area contributed by atoms with Crippen molar-refractivity contribution in [2.75, 3.05) is 72.0 Å². The van der Waals surface area contributed by atoms with Gasteiger partial charge >= 0.3 is 17.9 Å². The molecule has 5 aliphatic heterocycles. The highest BCUT2D eigenvalue weighted by Gasteiger charge is 2.47. The second-order valence-electron chi connectivity index (χ2n) is 29.2. The van der Waals surface area contributed by atoms with E-state index in [0.29, 0.717) is 12.8 Å². The van der Waals surface area contributed by atoms with Crippen LogP contribution < -0.4 is 43.5 Å². The standard InChI is InChI=1S/C69H98N14O19.C2H4O2/c1-29(2)46(70)67(96)99-28-42(84)72-39-25-38(59(88)76-50-36(13)100-68(97)54(32(7)8)80(17)43(85)26-78(15)63(92)40-21-19-23-82(40)65(94)48(30(3)4)74-61(50)90)52-57(34(39)11)102-58-35(12)56(87)47(71)45(53(58)73-52)60(89)77-51-37(14)101-69(98)55(33(9)10)81(18)44(86)27-79(16)64(93)41-22-20-24-83(41)66(95)49(31(5)6)75-62(51)91;1-2(3)4/h25,29-33,36-37,40-41,46,48-51,54-55H,19-24,26-28,70-71H2,1-18H3,(H,72,84)(H,74,90)(H,75,91)(H,76,88)(H,77,89);1H3,(H,3,4). The lowest BCUT2D eigenvalue weighted by Gasteiger charge is -2.36. The molecule has 7 rings (SSSR count). The molecule has 0 aromatic heterocycles. The third-order valence-corrected chi connectivity index (χ3v) is 19.3. The maximum absolute atomic E-state index is 15.7. The lowest BCUT2D eigenvalue weighted by Crippen LogP contribution is -2.61. The van der Waals surface area contributed by atoms with Crippen LogP contribution in [0.3, 0.4) is 0 Å². The minimum atomic E-state index is -1.98. The minimum absolute atomic E-state index is 0.00758. The number of aromatic nitrogens is 1. The summed E-state index contributed by atoms with van der Waals surface area (Å²) >= 11 is 0. The first-order chi connectivity index (χ1) is 49.4. The maximum Gasteiger partial charge on any atom is 0.329 e. The highest BCUT2D eigenvalue weighted by molar-refractivity contribution is 6.12. The Morgan fingerprint density at radius 3 is 1.48 bits per heavy atom. The van der Waals surface area contributed by atoms with E-state index in [0.717, 1.165) is 22.8 Å². The Hall–Kier alpha value is -10.3. The Morgan fingerprint density at radius 2 is 1.08 bits per heavy atom. The molecule has 0 spiro atoms. The number of fused-ring (bicyclic) bond motifs is 4. The third kappa shape index (κ3) is 18.8. The summed E-state index contributed by atoms with van der Waals surface area (Å²) in [7, 11) is 5.47. The van der Waals surface area contributed by atoms with Gasteiger partial charge in [-0.25, -0.2) is 14.6 Å². The first-order valence-electron chi connectivity index (χ1n) is 35.2. The van der Waals surface area contributed by atoms with Crippen molar-refractivity contribution >= 4 is 111 Å². The second kappa shape index (κ2) is 35.2. The van der Waals surface area contributed by atoms with Gasteiger partial charge in [-0.1, -0.05) is 69.2 Å². The van der Waals surface area contributed by atoms with Gasteiger partial charge in [0.25, 0.3) is 23.7 Å². The molecule has 11 amide bonds. The van der Waals surface area contributed by atoms with Gasteiger partial charge in [0.2, 0.25) is 52.7 Å². The lowest BCUT2D eigenvalue weighted by molar-refractivity contribution is -0.163. The number of hydrogen-bond donors (Lipinski definition) is 8. The molecular weight excluding hydrogens is 1380 g/mol. The lowest BCUT2D eigenvalue weighted by atomic mass is 9.98. The van der Waals surface area contributed by atoms with E-state index >= 15 is 19.2 Å². The molecule has 11 unspecified atom stereocenters. The van der Waals surface area contributed by atoms with Crippen LogP contribution in [-0.2, 0) is 76.5 Å². The number of hydrogen-bond acceptors (Lipinski definition) is 23. The van der Waals surface area contributed by atoms with Crippen molar-refractivity contribution in [1.82, 2.24) is 55.7 Å². The molecule has 1 aliphatic carbocycles. The Labute approximate surface area is 613 Å². The van der Waals surface area contributed by atoms with Gasteiger partial charge in [0.15, 0.2) is 18.0 Å². The van der Waals surface area contributed by atoms with Gasteiger partial charge in [0.1, 0.15) is 77.8 Å². The third-order valence-electron chi connectivity index (χ3n) is 19.3. The molecule has 106 heavy (non-hydrogen) atoms. The molecule has 5 heterocycles. The quantitative estimate of drug-likeness (QED) is 0.0493. The van der Waals surface area contributed by atoms with Gasteiger partial charge in [-0.2, -0.15) is 0 Å². The molecule has 0 saturated carbocycles. The number of benzene rings is 2. The number of carboxylic acid groups (broad SMARTS) is 1. The van der Waals surface area contributed by atoms with Crippen LogP contribution in [0.1, 0.15) is 148 Å². The number of rotatable bonds is 13. The van der Waals surface area contributed by atoms with Crippen LogP contribution in [0.4, 0.5) is 11.4 Å². The number of likely N-dealkylation sites (N-methyl/N-ethyl adjacent to an activating group) is 4. The van der Waals surface area contributed by atoms with Crippen LogP contribution in [0.5, 0.6) is 0 Å². The van der Waals surface area contributed by atoms with Crippen molar-refractivity contribution < 1.29 is 95.7 Å². The van der Waals surface area contributed by atoms with Crippen molar-refractivity contribution in [1.29, 1.82) is 0 Å². The van der Waals surface area contributed by atoms with Gasteiger partial charge in [0, 0.05) is 65.0 Å². The first-order valence-corrected chi connectivity index (χ1v) is 35.2. The number of ether oxygens (including phenoxy) is 3. The summed E-state index contributed by atoms with van der Waals surface area (Å²) in [6.45, 7) is 21.0. The van der Waals surface area contributed by atoms with Crippen molar-refractivity contribution in [3.05, 3.63) is 38.5 Å². The summed E-state index contributed by atoms with van der Waals surface area (Å²) in [5.74, 6) is -16.8. The monoisotopic (exact) mass is 1490 g/mol. The van der Waals surface area contributed by atoms with Gasteiger partial charge in [-0.05, 0) is 89.0 Å². The second-order valence-corrected chi connectivity index (χ2v) is 29.2. The van der Waals surface area contributed by atoms with E-state index < -0.39 is 238 Å². The number of nitrogens with one attached hydrogen (secondary N) is 5. The fourth-order valence-electron chi connectivity index (χ4n) is 13.2. The molecule has 1 aromatic carbocycles. The number of nitrogens with two attached hydrogens (primary N) is 2. The molecule has 4 fully saturated rings. The largest absolute Gasteiger partial charge is 0.481 e. The van der Waals surface area contributed by atoms with Gasteiger partial charge in [-0.3, -0.25) is 67.1 Å². The molecule has 35 heteroatoms. The average molecular weight is 1490 g/mol. The topological polar surface area (TPSA) is 479 Å². The number of esters is 3. The van der Waals surface area contributed by atoms with Crippen LogP contribution in [0, 0.1) is 43.4 Å². The van der Waals surface area contributed by atoms with E-state index in [1.165, 1.54) is 75.5 Å². The molecular formula is C71H102N14O21. The molecule has 0 bridgehead atoms. The SMILES string of the molecule is CC(=O)O.Cc1c2oc3c(C)c(NC(=O)COC(=O)C(N)C(C)C)cc(C(=O)NC4C(=O)NC(C(C)C)C(=O)N5CCCC5C(=O)N(C)CC(=O)N(C)C(C(C)C)C(=O)OC4C)c3nc-2c(C(=O)NC2C(=O)NC(C(C)C)C(=O)N3CCCC3C(=O)N(C)CC(=O)N(C)C(C(C)C)C(=O)OC2C)c(N)c1=O. The van der Waals surface area contributed by atoms with E-state index in [1.807, 2.05) is 0 Å². The van der Waals surface area contributed by atoms with Crippen LogP contribution in [0.2, 0.25) is 0 Å². The number of aryl methyl sites for hydroxylation is 1. The van der Waals surface area contributed by atoms with E-state index in [4.69, 9.17) is 45.0 Å². The molecule has 0 radical (unpaired) electrons. The van der Waals surface area contributed by atoms with E-state index in [-0.39, 0.29) is 54.2 Å². The number of cyclic esters (lactones) is 2. The predicted molar refractivity (Wildman–Crippen MR) is 381 cm³/mol. The molecule has 11 atom stereocenters. The van der Waals surface area contributed by atoms with E-state index in [2.05, 4.69) is 26.6 Å². The van der Waals surface area contributed by atoms with Crippen molar-refractivity contribution in [2.45, 2.75) is 196 Å². The first kappa shape index (κ1) is 84.6. The zero-order chi connectivity index (χ0) is 79.9. The summed E-state index contributed by atoms with van der Waals surface area (Å²) in [6, 6.07) is -11.5. The number of amides is 11. The highest BCUT2D eigenvalue weighted by Crippen LogP contribution is 2.38. The summed E-state index contributed by atoms with van der Waals surface area (Å²) in [4.78, 5) is 238. The number of carbonyl (C=O) groups excluding carboxylic acids is 14. The van der Waals surface area contributed by atoms with Crippen molar-refractivity contribution in [2.24, 2.45) is 35.3 Å². The summed E-state index contributed by atoms with van der Waals surface area (Å²) in [5, 5.41) is 20.5. The van der Waals surface area contributed by atoms with Crippen LogP contribution in [0.15, 0.2) is 15.3 Å². The molecule has 35 nitrogen and oxygen atoms in total. The smallest absolute Gasteiger partial charge is 0.329 e. The predicted octanol–water partition coefficient (Wildman–Crippen LogP) is 0.282. The van der Waals surface area contributed by atoms with Gasteiger partial charge in [-0.15, -0.1) is 0 Å². The van der Waals surface area contributed by atoms with Gasteiger partial charge in [0.05, 0.1) is 29.9 Å². The molecule has 582 valence electrons. The maximum atomic E-state index is 15.7. The number of nitrogens with zero attached hydrogens (tertiary/aromatic N) is 7. The normalized spacial score (nSPS) is 24.1. The van der Waals surface area contributed by atoms with E-state index in [9.17, 15) is 52.7 Å². The molecule has 10 N–H and O–H groups in total. The molecule has 6 aliphatic rings. The summed E-state index contributed by atoms with van der Waals surface area (Å²) < 4.78 is 23.7. The molecule has 4 saturated heterocycles. The number of nitrogen functional groups attached to an aromatic ring is 1. The number of carboxylic acids is 1. The number of carbonyl (C=O) groups is 15. The fraction of sp³-hybridized carbons (Fsp3) is 0.620. The van der Waals surface area contributed by atoms with Crippen molar-refractivity contribution in [3.63, 3.8) is 0 Å². The zero-order valence-electron chi connectivity index (χ0n) is 63.6.